The highest BCUT2D eigenvalue weighted by molar-refractivity contribution is 6.32. The first-order valence-electron chi connectivity index (χ1n) is 7.14. The number of rotatable bonds is 5. The molecule has 0 saturated carbocycles. The van der Waals surface area contributed by atoms with Gasteiger partial charge in [0.05, 0.1) is 11.6 Å². The molecular formula is C18H14Cl2N2O2. The molecule has 0 radical (unpaired) electrons. The second-order valence-corrected chi connectivity index (χ2v) is 5.60. The number of hydrogen-bond acceptors (Lipinski definition) is 3. The average Bonchev–Trinajstić information content (AvgIpc) is 2.55. The summed E-state index contributed by atoms with van der Waals surface area (Å²) in [7, 11) is 0. The van der Waals surface area contributed by atoms with Crippen molar-refractivity contribution in [2.24, 2.45) is 0 Å². The van der Waals surface area contributed by atoms with E-state index in [0.717, 1.165) is 0 Å². The molecule has 1 amide bonds. The summed E-state index contributed by atoms with van der Waals surface area (Å²) in [4.78, 5) is 12.2. The maximum absolute atomic E-state index is 12.2. The SMILES string of the molecule is CCOc1ccc(/C=C(\C#N)C(=O)Nc2cccc(Cl)c2)cc1Cl. The number of benzene rings is 2. The lowest BCUT2D eigenvalue weighted by molar-refractivity contribution is -0.112. The standard InChI is InChI=1S/C18H14Cl2N2O2/c1-2-24-17-7-6-12(9-16(17)20)8-13(11-21)18(23)22-15-5-3-4-14(19)10-15/h3-10H,2H2,1H3,(H,22,23)/b13-8+. The summed E-state index contributed by atoms with van der Waals surface area (Å²) >= 11 is 12.0. The molecule has 0 bridgehead atoms. The molecule has 0 spiro atoms. The van der Waals surface area contributed by atoms with E-state index in [1.807, 2.05) is 13.0 Å². The summed E-state index contributed by atoms with van der Waals surface area (Å²) in [6.07, 6.45) is 1.46. The Morgan fingerprint density at radius 3 is 2.71 bits per heavy atom. The topological polar surface area (TPSA) is 62.1 Å². The highest BCUT2D eigenvalue weighted by Crippen LogP contribution is 2.26. The van der Waals surface area contributed by atoms with Crippen LogP contribution in [0.5, 0.6) is 5.75 Å². The Labute approximate surface area is 150 Å². The number of hydrogen-bond donors (Lipinski definition) is 1. The number of ether oxygens (including phenoxy) is 1. The predicted octanol–water partition coefficient (Wildman–Crippen LogP) is 4.94. The van der Waals surface area contributed by atoms with Crippen molar-refractivity contribution in [1.29, 1.82) is 5.26 Å². The number of nitrogens with zero attached hydrogens (tertiary/aromatic N) is 1. The molecule has 0 unspecified atom stereocenters. The van der Waals surface area contributed by atoms with Crippen LogP contribution >= 0.6 is 23.2 Å². The van der Waals surface area contributed by atoms with E-state index in [1.54, 1.807) is 42.5 Å². The van der Waals surface area contributed by atoms with E-state index in [1.165, 1.54) is 6.08 Å². The summed E-state index contributed by atoms with van der Waals surface area (Å²) < 4.78 is 5.35. The van der Waals surface area contributed by atoms with E-state index >= 15 is 0 Å². The normalized spacial score (nSPS) is 10.8. The predicted molar refractivity (Wildman–Crippen MR) is 96.3 cm³/mol. The van der Waals surface area contributed by atoms with Gasteiger partial charge in [-0.3, -0.25) is 4.79 Å². The first-order valence-corrected chi connectivity index (χ1v) is 7.90. The Morgan fingerprint density at radius 1 is 1.29 bits per heavy atom. The molecule has 4 nitrogen and oxygen atoms in total. The summed E-state index contributed by atoms with van der Waals surface area (Å²) in [5, 5.41) is 12.8. The fraction of sp³-hybridized carbons (Fsp3) is 0.111. The lowest BCUT2D eigenvalue weighted by Gasteiger charge is -2.07. The Morgan fingerprint density at radius 2 is 2.08 bits per heavy atom. The maximum atomic E-state index is 12.2. The van der Waals surface area contributed by atoms with Crippen LogP contribution in [0.2, 0.25) is 10.0 Å². The highest BCUT2D eigenvalue weighted by Gasteiger charge is 2.10. The van der Waals surface area contributed by atoms with Crippen molar-refractivity contribution in [1.82, 2.24) is 0 Å². The highest BCUT2D eigenvalue weighted by atomic mass is 35.5. The van der Waals surface area contributed by atoms with Gasteiger partial charge in [0.15, 0.2) is 0 Å². The zero-order chi connectivity index (χ0) is 17.5. The van der Waals surface area contributed by atoms with Gasteiger partial charge in [-0.25, -0.2) is 0 Å². The van der Waals surface area contributed by atoms with Crippen molar-refractivity contribution in [2.75, 3.05) is 11.9 Å². The van der Waals surface area contributed by atoms with Gasteiger partial charge < -0.3 is 10.1 Å². The van der Waals surface area contributed by atoms with Crippen molar-refractivity contribution < 1.29 is 9.53 Å². The molecule has 122 valence electrons. The minimum atomic E-state index is -0.523. The maximum Gasteiger partial charge on any atom is 0.266 e. The van der Waals surface area contributed by atoms with Crippen LogP contribution in [0.3, 0.4) is 0 Å². The lowest BCUT2D eigenvalue weighted by Crippen LogP contribution is -2.13. The van der Waals surface area contributed by atoms with E-state index in [9.17, 15) is 10.1 Å². The molecule has 0 saturated heterocycles. The van der Waals surface area contributed by atoms with Crippen LogP contribution in [-0.4, -0.2) is 12.5 Å². The van der Waals surface area contributed by atoms with Crippen molar-refractivity contribution in [2.45, 2.75) is 6.92 Å². The average molecular weight is 361 g/mol. The number of anilines is 1. The number of nitrogens with one attached hydrogen (secondary N) is 1. The third-order valence-electron chi connectivity index (χ3n) is 3.01. The largest absolute Gasteiger partial charge is 0.492 e. The Hall–Kier alpha value is -2.48. The molecule has 0 aliphatic carbocycles. The van der Waals surface area contributed by atoms with Crippen LogP contribution in [0.1, 0.15) is 12.5 Å². The summed E-state index contributed by atoms with van der Waals surface area (Å²) in [6.45, 7) is 2.36. The number of nitriles is 1. The molecular weight excluding hydrogens is 347 g/mol. The van der Waals surface area contributed by atoms with Crippen LogP contribution in [-0.2, 0) is 4.79 Å². The smallest absolute Gasteiger partial charge is 0.266 e. The zero-order valence-electron chi connectivity index (χ0n) is 12.8. The van der Waals surface area contributed by atoms with Gasteiger partial charge in [-0.2, -0.15) is 5.26 Å². The van der Waals surface area contributed by atoms with Crippen LogP contribution < -0.4 is 10.1 Å². The van der Waals surface area contributed by atoms with E-state index in [-0.39, 0.29) is 5.57 Å². The first-order chi connectivity index (χ1) is 11.5. The van der Waals surface area contributed by atoms with Crippen LogP contribution in [0, 0.1) is 11.3 Å². The van der Waals surface area contributed by atoms with Gasteiger partial charge >= 0.3 is 0 Å². The van der Waals surface area contributed by atoms with Crippen LogP contribution in [0.15, 0.2) is 48.0 Å². The number of carbonyl (C=O) groups excluding carboxylic acids is 1. The molecule has 24 heavy (non-hydrogen) atoms. The third kappa shape index (κ3) is 4.76. The second kappa shape index (κ2) is 8.39. The molecule has 2 aromatic rings. The second-order valence-electron chi connectivity index (χ2n) is 4.76. The number of carbonyl (C=O) groups is 1. The molecule has 2 rings (SSSR count). The molecule has 2 aromatic carbocycles. The monoisotopic (exact) mass is 360 g/mol. The Kier molecular flexibility index (Phi) is 6.25. The van der Waals surface area contributed by atoms with Gasteiger partial charge in [0.25, 0.3) is 5.91 Å². The molecule has 0 heterocycles. The molecule has 1 N–H and O–H groups in total. The van der Waals surface area contributed by atoms with E-state index in [2.05, 4.69) is 5.32 Å². The third-order valence-corrected chi connectivity index (χ3v) is 3.54. The van der Waals surface area contributed by atoms with Crippen molar-refractivity contribution in [3.05, 3.63) is 63.6 Å². The summed E-state index contributed by atoms with van der Waals surface area (Å²) in [6, 6.07) is 13.6. The fourth-order valence-corrected chi connectivity index (χ4v) is 2.39. The van der Waals surface area contributed by atoms with Crippen molar-refractivity contribution >= 4 is 40.9 Å². The van der Waals surface area contributed by atoms with Gasteiger partial charge in [-0.1, -0.05) is 35.3 Å². The first kappa shape index (κ1) is 17.9. The van der Waals surface area contributed by atoms with Crippen molar-refractivity contribution in [3.63, 3.8) is 0 Å². The summed E-state index contributed by atoms with van der Waals surface area (Å²) in [5.74, 6) is 0.0305. The molecule has 0 fully saturated rings. The van der Waals surface area contributed by atoms with Gasteiger partial charge in [0, 0.05) is 10.7 Å². The minimum absolute atomic E-state index is 0.0461. The van der Waals surface area contributed by atoms with Crippen LogP contribution in [0.25, 0.3) is 6.08 Å². The van der Waals surface area contributed by atoms with E-state index < -0.39 is 5.91 Å². The fourth-order valence-electron chi connectivity index (χ4n) is 1.96. The van der Waals surface area contributed by atoms with Crippen molar-refractivity contribution in [3.8, 4) is 11.8 Å². The Bertz CT molecular complexity index is 826. The quantitative estimate of drug-likeness (QED) is 0.606. The van der Waals surface area contributed by atoms with E-state index in [4.69, 9.17) is 27.9 Å². The number of amides is 1. The summed E-state index contributed by atoms with van der Waals surface area (Å²) in [5.41, 5.74) is 1.09. The Balaban J connectivity index is 2.21. The molecule has 0 aliphatic heterocycles. The molecule has 0 aromatic heterocycles. The van der Waals surface area contributed by atoms with Gasteiger partial charge in [0.2, 0.25) is 0 Å². The van der Waals surface area contributed by atoms with E-state index in [0.29, 0.717) is 33.7 Å². The van der Waals surface area contributed by atoms with Gasteiger partial charge in [0.1, 0.15) is 17.4 Å². The van der Waals surface area contributed by atoms with Gasteiger partial charge in [-0.05, 0) is 48.9 Å². The minimum Gasteiger partial charge on any atom is -0.492 e. The molecule has 6 heteroatoms. The van der Waals surface area contributed by atoms with Gasteiger partial charge in [-0.15, -0.1) is 0 Å². The van der Waals surface area contributed by atoms with Crippen LogP contribution in [0.4, 0.5) is 5.69 Å². The molecule has 0 atom stereocenters. The number of halogens is 2. The zero-order valence-corrected chi connectivity index (χ0v) is 14.4. The molecule has 0 aliphatic rings. The lowest BCUT2D eigenvalue weighted by atomic mass is 10.1.